The Bertz CT molecular complexity index is 1240. The first-order valence-corrected chi connectivity index (χ1v) is 9.57. The number of carbonyl (C=O) groups excluding carboxylic acids is 2. The van der Waals surface area contributed by atoms with Gasteiger partial charge in [0, 0.05) is 17.7 Å². The zero-order valence-electron chi connectivity index (χ0n) is 16.9. The highest BCUT2D eigenvalue weighted by Crippen LogP contribution is 2.37. The molecule has 1 heterocycles. The lowest BCUT2D eigenvalue weighted by atomic mass is 10.1. The van der Waals surface area contributed by atoms with E-state index in [0.717, 1.165) is 6.07 Å². The van der Waals surface area contributed by atoms with E-state index in [1.165, 1.54) is 49.4 Å². The average Bonchev–Trinajstić information content (AvgIpc) is 2.73. The summed E-state index contributed by atoms with van der Waals surface area (Å²) in [5.41, 5.74) is -0.190. The highest BCUT2D eigenvalue weighted by atomic mass is 35.5. The number of nitro benzene ring substituents is 1. The zero-order chi connectivity index (χ0) is 23.4. The number of Topliss-reactive ketones (excluding diaryl/α,β-unsaturated/α-hetero) is 1. The van der Waals surface area contributed by atoms with Crippen LogP contribution in [0.15, 0.2) is 57.7 Å². The van der Waals surface area contributed by atoms with Crippen LogP contribution in [0.3, 0.4) is 0 Å². The number of ketones is 1. The largest absolute Gasteiger partial charge is 0.454 e. The first kappa shape index (κ1) is 22.7. The first-order valence-electron chi connectivity index (χ1n) is 9.20. The number of para-hydroxylation sites is 1. The Morgan fingerprint density at radius 3 is 2.44 bits per heavy atom. The molecule has 0 aliphatic carbocycles. The molecule has 0 saturated carbocycles. The Kier molecular flexibility index (Phi) is 6.70. The van der Waals surface area contributed by atoms with E-state index in [9.17, 15) is 24.5 Å². The number of aryl methyl sites for hydroxylation is 2. The fourth-order valence-electron chi connectivity index (χ4n) is 2.92. The van der Waals surface area contributed by atoms with Crippen molar-refractivity contribution < 1.29 is 28.4 Å². The molecule has 9 nitrogen and oxygen atoms in total. The van der Waals surface area contributed by atoms with Crippen molar-refractivity contribution in [3.8, 4) is 11.5 Å². The fraction of sp³-hybridized carbons (Fsp3) is 0.136. The summed E-state index contributed by atoms with van der Waals surface area (Å²) in [6, 6.07) is 11.0. The summed E-state index contributed by atoms with van der Waals surface area (Å²) in [4.78, 5) is 46.5. The lowest BCUT2D eigenvalue weighted by Crippen LogP contribution is -2.17. The minimum atomic E-state index is -0.789. The summed E-state index contributed by atoms with van der Waals surface area (Å²) >= 11 is 6.00. The van der Waals surface area contributed by atoms with Crippen LogP contribution in [0.2, 0.25) is 5.02 Å². The van der Waals surface area contributed by atoms with Gasteiger partial charge >= 0.3 is 17.3 Å². The summed E-state index contributed by atoms with van der Waals surface area (Å²) < 4.78 is 15.5. The monoisotopic (exact) mass is 457 g/mol. The average molecular weight is 458 g/mol. The van der Waals surface area contributed by atoms with Crippen LogP contribution in [0, 0.1) is 24.0 Å². The third kappa shape index (κ3) is 5.01. The molecule has 10 heteroatoms. The molecular weight excluding hydrogens is 442 g/mol. The number of esters is 1. The molecule has 0 bridgehead atoms. The molecule has 0 aliphatic rings. The third-order valence-corrected chi connectivity index (χ3v) is 4.71. The van der Waals surface area contributed by atoms with E-state index in [0.29, 0.717) is 5.56 Å². The number of halogens is 1. The van der Waals surface area contributed by atoms with Crippen LogP contribution < -0.4 is 10.4 Å². The fourth-order valence-corrected chi connectivity index (χ4v) is 3.13. The Morgan fingerprint density at radius 2 is 1.81 bits per heavy atom. The van der Waals surface area contributed by atoms with Crippen molar-refractivity contribution in [3.63, 3.8) is 0 Å². The molecule has 0 spiro atoms. The summed E-state index contributed by atoms with van der Waals surface area (Å²) in [5, 5.41) is 11.2. The maximum Gasteiger partial charge on any atom is 0.342 e. The smallest absolute Gasteiger partial charge is 0.342 e. The Morgan fingerprint density at radius 1 is 1.12 bits per heavy atom. The van der Waals surface area contributed by atoms with Gasteiger partial charge in [0.05, 0.1) is 9.95 Å². The molecule has 0 N–H and O–H groups in total. The van der Waals surface area contributed by atoms with Crippen LogP contribution in [-0.2, 0) is 4.74 Å². The summed E-state index contributed by atoms with van der Waals surface area (Å²) in [7, 11) is 0. The lowest BCUT2D eigenvalue weighted by molar-refractivity contribution is -0.385. The first-order chi connectivity index (χ1) is 15.2. The Hall–Kier alpha value is -3.98. The van der Waals surface area contributed by atoms with E-state index < -0.39 is 28.9 Å². The van der Waals surface area contributed by atoms with Gasteiger partial charge in [-0.15, -0.1) is 0 Å². The number of rotatable bonds is 7. The Labute approximate surface area is 186 Å². The van der Waals surface area contributed by atoms with Gasteiger partial charge < -0.3 is 13.9 Å². The standard InChI is InChI=1S/C22H16ClNO8/c1-12-10-19(26)31-13(2)20(12)22(27)30-11-18(25)14-6-8-15(9-7-14)32-21-16(23)4-3-5-17(21)24(28)29/h3-10H,11H2,1-2H3. The van der Waals surface area contributed by atoms with E-state index in [-0.39, 0.29) is 39.1 Å². The van der Waals surface area contributed by atoms with Crippen molar-refractivity contribution in [2.45, 2.75) is 13.8 Å². The molecule has 0 fully saturated rings. The molecule has 164 valence electrons. The summed E-state index contributed by atoms with van der Waals surface area (Å²) in [5.74, 6) is -1.07. The normalized spacial score (nSPS) is 10.5. The van der Waals surface area contributed by atoms with Gasteiger partial charge in [-0.2, -0.15) is 0 Å². The number of benzene rings is 2. The summed E-state index contributed by atoms with van der Waals surface area (Å²) in [6.45, 7) is 2.48. The van der Waals surface area contributed by atoms with Gasteiger partial charge in [0.25, 0.3) is 0 Å². The van der Waals surface area contributed by atoms with Crippen LogP contribution in [-0.4, -0.2) is 23.3 Å². The predicted molar refractivity (Wildman–Crippen MR) is 114 cm³/mol. The molecule has 0 amide bonds. The molecule has 0 unspecified atom stereocenters. The molecule has 0 saturated heterocycles. The Balaban J connectivity index is 1.68. The molecule has 3 aromatic rings. The van der Waals surface area contributed by atoms with Gasteiger partial charge in [0.15, 0.2) is 12.4 Å². The highest BCUT2D eigenvalue weighted by Gasteiger charge is 2.20. The quantitative estimate of drug-likeness (QED) is 0.217. The second-order valence-electron chi connectivity index (χ2n) is 6.65. The van der Waals surface area contributed by atoms with Gasteiger partial charge in [-0.3, -0.25) is 14.9 Å². The van der Waals surface area contributed by atoms with Crippen LogP contribution in [0.25, 0.3) is 0 Å². The van der Waals surface area contributed by atoms with Crippen LogP contribution >= 0.6 is 11.6 Å². The van der Waals surface area contributed by atoms with Crippen molar-refractivity contribution in [1.29, 1.82) is 0 Å². The predicted octanol–water partition coefficient (Wildman–Crippen LogP) is 4.65. The molecule has 1 aromatic heterocycles. The molecule has 2 aromatic carbocycles. The van der Waals surface area contributed by atoms with Crippen molar-refractivity contribution in [3.05, 3.63) is 96.5 Å². The van der Waals surface area contributed by atoms with Crippen LogP contribution in [0.4, 0.5) is 5.69 Å². The van der Waals surface area contributed by atoms with Crippen molar-refractivity contribution in [2.24, 2.45) is 0 Å². The maximum atomic E-state index is 12.4. The van der Waals surface area contributed by atoms with Crippen LogP contribution in [0.1, 0.15) is 32.0 Å². The van der Waals surface area contributed by atoms with E-state index in [1.54, 1.807) is 6.92 Å². The van der Waals surface area contributed by atoms with Gasteiger partial charge in [-0.25, -0.2) is 9.59 Å². The molecule has 0 aliphatic heterocycles. The van der Waals surface area contributed by atoms with Crippen molar-refractivity contribution in [1.82, 2.24) is 0 Å². The molecule has 0 radical (unpaired) electrons. The SMILES string of the molecule is Cc1cc(=O)oc(C)c1C(=O)OCC(=O)c1ccc(Oc2c(Cl)cccc2[N+](=O)[O-])cc1. The minimum absolute atomic E-state index is 0.0635. The summed E-state index contributed by atoms with van der Waals surface area (Å²) in [6.07, 6.45) is 0. The highest BCUT2D eigenvalue weighted by molar-refractivity contribution is 6.32. The second kappa shape index (κ2) is 9.44. The van der Waals surface area contributed by atoms with Gasteiger partial charge in [0.2, 0.25) is 5.75 Å². The van der Waals surface area contributed by atoms with Crippen LogP contribution in [0.5, 0.6) is 11.5 Å². The van der Waals surface area contributed by atoms with Gasteiger partial charge in [-0.1, -0.05) is 17.7 Å². The number of hydrogen-bond acceptors (Lipinski definition) is 8. The van der Waals surface area contributed by atoms with Crippen molar-refractivity contribution in [2.75, 3.05) is 6.61 Å². The molecule has 0 atom stereocenters. The van der Waals surface area contributed by atoms with E-state index >= 15 is 0 Å². The molecule has 32 heavy (non-hydrogen) atoms. The van der Waals surface area contributed by atoms with Gasteiger partial charge in [-0.05, 0) is 49.7 Å². The van der Waals surface area contributed by atoms with E-state index in [1.807, 2.05) is 0 Å². The zero-order valence-corrected chi connectivity index (χ0v) is 17.7. The second-order valence-corrected chi connectivity index (χ2v) is 7.06. The minimum Gasteiger partial charge on any atom is -0.454 e. The maximum absolute atomic E-state index is 12.4. The number of nitro groups is 1. The van der Waals surface area contributed by atoms with E-state index in [4.69, 9.17) is 25.5 Å². The van der Waals surface area contributed by atoms with Gasteiger partial charge in [0.1, 0.15) is 17.1 Å². The molecule has 3 rings (SSSR count). The number of carbonyl (C=O) groups is 2. The number of ether oxygens (including phenoxy) is 2. The number of hydrogen-bond donors (Lipinski definition) is 0. The lowest BCUT2D eigenvalue weighted by Gasteiger charge is -2.09. The van der Waals surface area contributed by atoms with E-state index in [2.05, 4.69) is 0 Å². The third-order valence-electron chi connectivity index (χ3n) is 4.41. The number of nitrogens with zero attached hydrogens (tertiary/aromatic N) is 1. The van der Waals surface area contributed by atoms with Crippen molar-refractivity contribution >= 4 is 29.0 Å². The topological polar surface area (TPSA) is 126 Å². The molecular formula is C22H16ClNO8.